The molecule has 0 unspecified atom stereocenters. The molecule has 0 bridgehead atoms. The van der Waals surface area contributed by atoms with Crippen molar-refractivity contribution >= 4 is 17.6 Å². The van der Waals surface area contributed by atoms with Crippen molar-refractivity contribution < 1.29 is 17.6 Å². The molecule has 18 heavy (non-hydrogen) atoms. The van der Waals surface area contributed by atoms with Gasteiger partial charge in [-0.2, -0.15) is 4.99 Å². The van der Waals surface area contributed by atoms with E-state index >= 15 is 0 Å². The predicted molar refractivity (Wildman–Crippen MR) is 58.1 cm³/mol. The number of hydrogen-bond acceptors (Lipinski definition) is 1. The number of halogens is 4. The Morgan fingerprint density at radius 2 is 1.33 bits per heavy atom. The molecule has 0 aromatic heterocycles. The van der Waals surface area contributed by atoms with E-state index in [1.807, 2.05) is 0 Å². The minimum atomic E-state index is -1.68. The van der Waals surface area contributed by atoms with Crippen LogP contribution >= 0.6 is 0 Å². The van der Waals surface area contributed by atoms with Crippen molar-refractivity contribution in [3.8, 4) is 0 Å². The maximum Gasteiger partial charge on any atom is 0.223 e. The highest BCUT2D eigenvalue weighted by molar-refractivity contribution is 5.93. The molecular formula is C9H9F4N5. The van der Waals surface area contributed by atoms with Gasteiger partial charge in [0, 0.05) is 5.56 Å². The van der Waals surface area contributed by atoms with Gasteiger partial charge in [0.15, 0.2) is 29.2 Å². The summed E-state index contributed by atoms with van der Waals surface area (Å²) in [5.41, 5.74) is 12.9. The Balaban J connectivity index is 3.48. The fraction of sp³-hybridized carbons (Fsp3) is 0.111. The molecule has 0 saturated carbocycles. The van der Waals surface area contributed by atoms with Crippen LogP contribution < -0.4 is 17.2 Å². The number of aliphatic imine (C=N–C) groups is 2. The van der Waals surface area contributed by atoms with Crippen LogP contribution in [-0.4, -0.2) is 11.9 Å². The number of hydrogen-bond donors (Lipinski definition) is 3. The number of nitrogens with zero attached hydrogens (tertiary/aromatic N) is 2. The van der Waals surface area contributed by atoms with Gasteiger partial charge in [-0.05, 0) is 6.92 Å². The second-order valence-electron chi connectivity index (χ2n) is 3.24. The molecule has 1 aromatic carbocycles. The van der Waals surface area contributed by atoms with Gasteiger partial charge >= 0.3 is 0 Å². The Labute approximate surface area is 99.0 Å². The molecule has 98 valence electrons. The van der Waals surface area contributed by atoms with Gasteiger partial charge in [0.2, 0.25) is 5.96 Å². The van der Waals surface area contributed by atoms with Gasteiger partial charge in [0.25, 0.3) is 0 Å². The molecule has 6 N–H and O–H groups in total. The van der Waals surface area contributed by atoms with Crippen LogP contribution in [0.1, 0.15) is 5.56 Å². The first-order valence-electron chi connectivity index (χ1n) is 4.52. The molecule has 0 heterocycles. The van der Waals surface area contributed by atoms with Crippen LogP contribution in [0.3, 0.4) is 0 Å². The molecule has 1 rings (SSSR count). The van der Waals surface area contributed by atoms with Crippen molar-refractivity contribution in [1.29, 1.82) is 0 Å². The predicted octanol–water partition coefficient (Wildman–Crippen LogP) is 0.771. The Bertz CT molecular complexity index is 519. The Morgan fingerprint density at radius 3 is 1.72 bits per heavy atom. The number of rotatable bonds is 1. The molecule has 9 heteroatoms. The summed E-state index contributed by atoms with van der Waals surface area (Å²) in [5, 5.41) is 0. The molecule has 0 aliphatic rings. The minimum absolute atomic E-state index is 0.523. The molecule has 0 atom stereocenters. The number of guanidine groups is 2. The van der Waals surface area contributed by atoms with Crippen LogP contribution in [0, 0.1) is 30.2 Å². The van der Waals surface area contributed by atoms with Crippen molar-refractivity contribution in [2.45, 2.75) is 6.92 Å². The molecule has 1 aromatic rings. The van der Waals surface area contributed by atoms with Crippen molar-refractivity contribution in [2.75, 3.05) is 0 Å². The summed E-state index contributed by atoms with van der Waals surface area (Å²) < 4.78 is 53.0. The maximum absolute atomic E-state index is 13.3. The Morgan fingerprint density at radius 1 is 0.889 bits per heavy atom. The van der Waals surface area contributed by atoms with E-state index in [9.17, 15) is 17.6 Å². The zero-order chi connectivity index (χ0) is 14.0. The standard InChI is InChI=1S/C9H9F4N5/c1-2-3(10)5(12)7(6(13)4(2)11)17-9(16)18-8(14)15/h1H3,(H6,14,15,16,17,18). The zero-order valence-corrected chi connectivity index (χ0v) is 9.14. The summed E-state index contributed by atoms with van der Waals surface area (Å²) in [7, 11) is 0. The lowest BCUT2D eigenvalue weighted by Gasteiger charge is -2.06. The normalized spacial score (nSPS) is 11.5. The van der Waals surface area contributed by atoms with Crippen molar-refractivity contribution in [1.82, 2.24) is 0 Å². The number of nitrogens with two attached hydrogens (primary N) is 3. The zero-order valence-electron chi connectivity index (χ0n) is 9.14. The van der Waals surface area contributed by atoms with Gasteiger partial charge in [-0.15, -0.1) is 0 Å². The lowest BCUT2D eigenvalue weighted by molar-refractivity contribution is 0.448. The highest BCUT2D eigenvalue weighted by Crippen LogP contribution is 2.29. The monoisotopic (exact) mass is 263 g/mol. The second-order valence-corrected chi connectivity index (χ2v) is 3.24. The topological polar surface area (TPSA) is 103 Å². The smallest absolute Gasteiger partial charge is 0.223 e. The van der Waals surface area contributed by atoms with Gasteiger partial charge in [-0.1, -0.05) is 0 Å². The van der Waals surface area contributed by atoms with Crippen LogP contribution in [0.15, 0.2) is 9.98 Å². The Kier molecular flexibility index (Phi) is 3.74. The average Bonchev–Trinajstić information content (AvgIpc) is 2.29. The average molecular weight is 263 g/mol. The van der Waals surface area contributed by atoms with Crippen molar-refractivity contribution in [3.05, 3.63) is 28.8 Å². The highest BCUT2D eigenvalue weighted by Gasteiger charge is 2.23. The largest absolute Gasteiger partial charge is 0.370 e. The quantitative estimate of drug-likeness (QED) is 0.302. The van der Waals surface area contributed by atoms with E-state index in [0.717, 1.165) is 6.92 Å². The van der Waals surface area contributed by atoms with Crippen molar-refractivity contribution in [3.63, 3.8) is 0 Å². The summed E-state index contributed by atoms with van der Waals surface area (Å²) in [6.07, 6.45) is 0. The van der Waals surface area contributed by atoms with E-state index in [4.69, 9.17) is 17.2 Å². The maximum atomic E-state index is 13.3. The molecule has 0 aliphatic carbocycles. The van der Waals surface area contributed by atoms with E-state index in [1.165, 1.54) is 0 Å². The Hall–Kier alpha value is -2.32. The minimum Gasteiger partial charge on any atom is -0.370 e. The van der Waals surface area contributed by atoms with Crippen LogP contribution in [0.2, 0.25) is 0 Å². The third-order valence-electron chi connectivity index (χ3n) is 1.93. The first kappa shape index (κ1) is 13.7. The summed E-state index contributed by atoms with van der Waals surface area (Å²) in [6.45, 7) is 0.879. The van der Waals surface area contributed by atoms with E-state index in [1.54, 1.807) is 0 Å². The first-order valence-corrected chi connectivity index (χ1v) is 4.52. The molecule has 5 nitrogen and oxygen atoms in total. The molecular weight excluding hydrogens is 254 g/mol. The van der Waals surface area contributed by atoms with Crippen LogP contribution in [0.4, 0.5) is 23.2 Å². The third kappa shape index (κ3) is 2.50. The van der Waals surface area contributed by atoms with Crippen LogP contribution in [0.5, 0.6) is 0 Å². The summed E-state index contributed by atoms with van der Waals surface area (Å²) in [5.74, 6) is -7.75. The summed E-state index contributed by atoms with van der Waals surface area (Å²) >= 11 is 0. The lowest BCUT2D eigenvalue weighted by Crippen LogP contribution is -2.26. The number of benzene rings is 1. The van der Waals surface area contributed by atoms with Gasteiger partial charge < -0.3 is 17.2 Å². The van der Waals surface area contributed by atoms with E-state index < -0.39 is 46.4 Å². The second kappa shape index (κ2) is 4.90. The van der Waals surface area contributed by atoms with E-state index in [0.29, 0.717) is 0 Å². The summed E-state index contributed by atoms with van der Waals surface area (Å²) in [6, 6.07) is 0. The highest BCUT2D eigenvalue weighted by atomic mass is 19.2. The van der Waals surface area contributed by atoms with Gasteiger partial charge in [0.05, 0.1) is 0 Å². The molecule has 0 aliphatic heterocycles. The van der Waals surface area contributed by atoms with Gasteiger partial charge in [-0.25, -0.2) is 22.6 Å². The van der Waals surface area contributed by atoms with Gasteiger partial charge in [0.1, 0.15) is 5.69 Å². The van der Waals surface area contributed by atoms with E-state index in [2.05, 4.69) is 9.98 Å². The third-order valence-corrected chi connectivity index (χ3v) is 1.93. The molecule has 0 amide bonds. The van der Waals surface area contributed by atoms with Crippen molar-refractivity contribution in [2.24, 2.45) is 27.2 Å². The van der Waals surface area contributed by atoms with Crippen LogP contribution in [0.25, 0.3) is 0 Å². The fourth-order valence-corrected chi connectivity index (χ4v) is 1.10. The molecule has 0 saturated heterocycles. The van der Waals surface area contributed by atoms with E-state index in [-0.39, 0.29) is 0 Å². The SMILES string of the molecule is Cc1c(F)c(F)c(N=C(N)N=C(N)N)c(F)c1F. The first-order chi connectivity index (χ1) is 8.25. The van der Waals surface area contributed by atoms with Gasteiger partial charge in [-0.3, -0.25) is 0 Å². The summed E-state index contributed by atoms with van der Waals surface area (Å²) in [4.78, 5) is 6.24. The molecule has 0 radical (unpaired) electrons. The lowest BCUT2D eigenvalue weighted by atomic mass is 10.2. The molecule has 0 spiro atoms. The molecule has 0 fully saturated rings. The van der Waals surface area contributed by atoms with Crippen LogP contribution in [-0.2, 0) is 0 Å². The fourth-order valence-electron chi connectivity index (χ4n) is 1.10.